The topological polar surface area (TPSA) is 59.4 Å². The second-order valence-electron chi connectivity index (χ2n) is 4.02. The third kappa shape index (κ3) is 3.28. The van der Waals surface area contributed by atoms with Crippen molar-refractivity contribution in [3.05, 3.63) is 59.2 Å². The maximum Gasteiger partial charge on any atom is 0.354 e. The maximum absolute atomic E-state index is 13.3. The van der Waals surface area contributed by atoms with Gasteiger partial charge in [-0.05, 0) is 30.7 Å². The van der Waals surface area contributed by atoms with Crippen molar-refractivity contribution >= 4 is 5.97 Å². The van der Waals surface area contributed by atoms with E-state index in [2.05, 4.69) is 4.98 Å². The molecular weight excluding hydrogens is 249 g/mol. The van der Waals surface area contributed by atoms with Gasteiger partial charge in [0.25, 0.3) is 0 Å². The quantitative estimate of drug-likeness (QED) is 0.919. The van der Waals surface area contributed by atoms with Gasteiger partial charge < -0.3 is 9.84 Å². The number of carboxylic acid groups (broad SMARTS) is 1. The lowest BCUT2D eigenvalue weighted by atomic mass is 10.2. The third-order valence-electron chi connectivity index (χ3n) is 2.56. The number of nitrogens with zero attached hydrogens (tertiary/aromatic N) is 1. The summed E-state index contributed by atoms with van der Waals surface area (Å²) in [6.07, 6.45) is 0. The van der Waals surface area contributed by atoms with Crippen molar-refractivity contribution in [2.24, 2.45) is 0 Å². The first-order valence-electron chi connectivity index (χ1n) is 5.64. The molecule has 0 atom stereocenters. The number of halogens is 1. The summed E-state index contributed by atoms with van der Waals surface area (Å²) in [6.45, 7) is 1.75. The molecule has 0 unspecified atom stereocenters. The minimum atomic E-state index is -1.09. The molecule has 1 aromatic carbocycles. The molecule has 0 spiro atoms. The average molecular weight is 261 g/mol. The number of hydrogen-bond acceptors (Lipinski definition) is 3. The molecule has 1 N–H and O–H groups in total. The molecule has 1 aromatic heterocycles. The van der Waals surface area contributed by atoms with Crippen LogP contribution in [0.2, 0.25) is 0 Å². The zero-order valence-corrected chi connectivity index (χ0v) is 10.3. The van der Waals surface area contributed by atoms with E-state index in [0.717, 1.165) is 0 Å². The highest BCUT2D eigenvalue weighted by atomic mass is 19.1. The van der Waals surface area contributed by atoms with Gasteiger partial charge in [0.05, 0.1) is 5.69 Å². The molecule has 5 heteroatoms. The van der Waals surface area contributed by atoms with Crippen LogP contribution in [0, 0.1) is 12.7 Å². The normalized spacial score (nSPS) is 10.2. The summed E-state index contributed by atoms with van der Waals surface area (Å²) in [6, 6.07) is 9.20. The maximum atomic E-state index is 13.3. The van der Waals surface area contributed by atoms with E-state index in [0.29, 0.717) is 17.0 Å². The second-order valence-corrected chi connectivity index (χ2v) is 4.02. The minimum absolute atomic E-state index is 0.0452. The Kier molecular flexibility index (Phi) is 3.75. The molecule has 2 rings (SSSR count). The van der Waals surface area contributed by atoms with Crippen LogP contribution in [0.3, 0.4) is 0 Å². The molecule has 0 aliphatic rings. The van der Waals surface area contributed by atoms with Gasteiger partial charge in [-0.25, -0.2) is 14.2 Å². The van der Waals surface area contributed by atoms with Crippen molar-refractivity contribution in [1.29, 1.82) is 0 Å². The molecule has 0 fully saturated rings. The summed E-state index contributed by atoms with van der Waals surface area (Å²) in [7, 11) is 0. The number of pyridine rings is 1. The smallest absolute Gasteiger partial charge is 0.354 e. The van der Waals surface area contributed by atoms with Gasteiger partial charge in [-0.2, -0.15) is 0 Å². The molecular formula is C14H12FNO3. The van der Waals surface area contributed by atoms with Crippen LogP contribution in [0.25, 0.3) is 0 Å². The highest BCUT2D eigenvalue weighted by molar-refractivity contribution is 5.85. The van der Waals surface area contributed by atoms with Gasteiger partial charge in [-0.1, -0.05) is 12.1 Å². The molecule has 0 radical (unpaired) electrons. The van der Waals surface area contributed by atoms with E-state index in [1.165, 1.54) is 12.1 Å². The Morgan fingerprint density at radius 2 is 2.16 bits per heavy atom. The van der Waals surface area contributed by atoms with Crippen molar-refractivity contribution in [3.8, 4) is 5.75 Å². The van der Waals surface area contributed by atoms with Gasteiger partial charge in [0.1, 0.15) is 23.9 Å². The Morgan fingerprint density at radius 1 is 1.37 bits per heavy atom. The third-order valence-corrected chi connectivity index (χ3v) is 2.56. The van der Waals surface area contributed by atoms with Crippen molar-refractivity contribution in [1.82, 2.24) is 4.98 Å². The van der Waals surface area contributed by atoms with Gasteiger partial charge in [0.15, 0.2) is 0 Å². The number of carboxylic acids is 1. The molecule has 0 saturated carbocycles. The Bertz CT molecular complexity index is 613. The summed E-state index contributed by atoms with van der Waals surface area (Å²) in [5.41, 5.74) is 0.968. The van der Waals surface area contributed by atoms with Crippen LogP contribution in [0.1, 0.15) is 21.7 Å². The summed E-state index contributed by atoms with van der Waals surface area (Å²) in [5.74, 6) is -1.06. The highest BCUT2D eigenvalue weighted by Crippen LogP contribution is 2.17. The van der Waals surface area contributed by atoms with Gasteiger partial charge in [-0.3, -0.25) is 0 Å². The van der Waals surface area contributed by atoms with E-state index < -0.39 is 5.97 Å². The molecule has 19 heavy (non-hydrogen) atoms. The Balaban J connectivity index is 2.07. The molecule has 2 aromatic rings. The fourth-order valence-corrected chi connectivity index (χ4v) is 1.50. The number of aromatic nitrogens is 1. The fraction of sp³-hybridized carbons (Fsp3) is 0.143. The Morgan fingerprint density at radius 3 is 2.84 bits per heavy atom. The fourth-order valence-electron chi connectivity index (χ4n) is 1.50. The minimum Gasteiger partial charge on any atom is -0.487 e. The first-order valence-corrected chi connectivity index (χ1v) is 5.64. The number of rotatable bonds is 4. The molecule has 0 bridgehead atoms. The van der Waals surface area contributed by atoms with Gasteiger partial charge in [0.2, 0.25) is 0 Å². The van der Waals surface area contributed by atoms with Gasteiger partial charge >= 0.3 is 5.97 Å². The number of hydrogen-bond donors (Lipinski definition) is 1. The standard InChI is InChI=1S/C14H12FNO3/c1-9-5-6-11(7-12(9)15)19-8-10-3-2-4-13(16-10)14(17)18/h2-7H,8H2,1H3,(H,17,18). The van der Waals surface area contributed by atoms with Crippen LogP contribution < -0.4 is 4.74 Å². The predicted molar refractivity (Wildman–Crippen MR) is 66.7 cm³/mol. The lowest BCUT2D eigenvalue weighted by Crippen LogP contribution is -2.05. The van der Waals surface area contributed by atoms with E-state index in [1.54, 1.807) is 31.2 Å². The molecule has 0 aliphatic heterocycles. The summed E-state index contributed by atoms with van der Waals surface area (Å²) in [4.78, 5) is 14.7. The Labute approximate surface area is 109 Å². The first-order chi connectivity index (χ1) is 9.06. The lowest BCUT2D eigenvalue weighted by molar-refractivity contribution is 0.0690. The second kappa shape index (κ2) is 5.48. The van der Waals surface area contributed by atoms with Crippen LogP contribution >= 0.6 is 0 Å². The number of benzene rings is 1. The summed E-state index contributed by atoms with van der Waals surface area (Å²) in [5, 5.41) is 8.81. The van der Waals surface area contributed by atoms with Crippen molar-refractivity contribution in [3.63, 3.8) is 0 Å². The predicted octanol–water partition coefficient (Wildman–Crippen LogP) is 2.81. The van der Waals surface area contributed by atoms with Gasteiger partial charge in [-0.15, -0.1) is 0 Å². The molecule has 4 nitrogen and oxygen atoms in total. The monoisotopic (exact) mass is 261 g/mol. The summed E-state index contributed by atoms with van der Waals surface area (Å²) >= 11 is 0. The SMILES string of the molecule is Cc1ccc(OCc2cccc(C(=O)O)n2)cc1F. The zero-order chi connectivity index (χ0) is 13.8. The van der Waals surface area contributed by atoms with Crippen LogP contribution in [0.4, 0.5) is 4.39 Å². The molecule has 0 amide bonds. The van der Waals surface area contributed by atoms with Gasteiger partial charge in [0, 0.05) is 6.07 Å². The highest BCUT2D eigenvalue weighted by Gasteiger charge is 2.06. The zero-order valence-electron chi connectivity index (χ0n) is 10.3. The average Bonchev–Trinajstić information content (AvgIpc) is 2.40. The number of ether oxygens (including phenoxy) is 1. The first kappa shape index (κ1) is 13.0. The summed E-state index contributed by atoms with van der Waals surface area (Å²) < 4.78 is 18.7. The molecule has 0 aliphatic carbocycles. The van der Waals surface area contributed by atoms with E-state index in [-0.39, 0.29) is 18.1 Å². The molecule has 0 saturated heterocycles. The lowest BCUT2D eigenvalue weighted by Gasteiger charge is -2.07. The van der Waals surface area contributed by atoms with Crippen molar-refractivity contribution in [2.45, 2.75) is 13.5 Å². The molecule has 1 heterocycles. The molecule has 98 valence electrons. The van der Waals surface area contributed by atoms with Crippen LogP contribution in [-0.4, -0.2) is 16.1 Å². The van der Waals surface area contributed by atoms with Crippen molar-refractivity contribution in [2.75, 3.05) is 0 Å². The largest absolute Gasteiger partial charge is 0.487 e. The van der Waals surface area contributed by atoms with E-state index in [1.807, 2.05) is 0 Å². The van der Waals surface area contributed by atoms with Crippen LogP contribution in [0.5, 0.6) is 5.75 Å². The van der Waals surface area contributed by atoms with Crippen molar-refractivity contribution < 1.29 is 19.0 Å². The van der Waals surface area contributed by atoms with Crippen LogP contribution in [-0.2, 0) is 6.61 Å². The van der Waals surface area contributed by atoms with Crippen LogP contribution in [0.15, 0.2) is 36.4 Å². The van der Waals surface area contributed by atoms with E-state index in [9.17, 15) is 9.18 Å². The Hall–Kier alpha value is -2.43. The number of aryl methyl sites for hydroxylation is 1. The number of aromatic carboxylic acids is 1. The van der Waals surface area contributed by atoms with E-state index in [4.69, 9.17) is 9.84 Å². The van der Waals surface area contributed by atoms with E-state index >= 15 is 0 Å². The number of carbonyl (C=O) groups is 1.